The summed E-state index contributed by atoms with van der Waals surface area (Å²) in [6.45, 7) is 0. The monoisotopic (exact) mass is 266 g/mol. The van der Waals surface area contributed by atoms with Crippen LogP contribution in [-0.2, 0) is 0 Å². The first-order chi connectivity index (χ1) is 8.58. The van der Waals surface area contributed by atoms with E-state index in [2.05, 4.69) is 15.3 Å². The van der Waals surface area contributed by atoms with Crippen molar-refractivity contribution in [2.24, 2.45) is 0 Å². The van der Waals surface area contributed by atoms with Crippen LogP contribution in [0.15, 0.2) is 30.6 Å². The van der Waals surface area contributed by atoms with E-state index in [0.29, 0.717) is 5.02 Å². The van der Waals surface area contributed by atoms with Crippen LogP contribution in [0.1, 0.15) is 10.4 Å². The maximum atomic E-state index is 13.5. The summed E-state index contributed by atoms with van der Waals surface area (Å²) in [5, 5.41) is 2.86. The SMILES string of the molecule is Nc1nccc(C(=O)Nc2ccc(Cl)cn2)c1F. The minimum atomic E-state index is -0.857. The lowest BCUT2D eigenvalue weighted by Gasteiger charge is -2.06. The van der Waals surface area contributed by atoms with Crippen LogP contribution in [0.25, 0.3) is 0 Å². The van der Waals surface area contributed by atoms with Crippen molar-refractivity contribution in [3.05, 3.63) is 47.0 Å². The molecule has 0 saturated heterocycles. The second kappa shape index (κ2) is 4.97. The number of halogens is 2. The van der Waals surface area contributed by atoms with Crippen molar-refractivity contribution >= 4 is 29.1 Å². The number of amides is 1. The molecule has 5 nitrogen and oxygen atoms in total. The number of nitrogens with zero attached hydrogens (tertiary/aromatic N) is 2. The molecule has 2 heterocycles. The van der Waals surface area contributed by atoms with Crippen molar-refractivity contribution in [2.45, 2.75) is 0 Å². The minimum Gasteiger partial charge on any atom is -0.381 e. The molecule has 0 bridgehead atoms. The summed E-state index contributed by atoms with van der Waals surface area (Å²) in [5.74, 6) is -1.58. The Bertz CT molecular complexity index is 588. The molecule has 1 amide bonds. The third kappa shape index (κ3) is 2.54. The highest BCUT2D eigenvalue weighted by Crippen LogP contribution is 2.14. The Morgan fingerprint density at radius 2 is 2.11 bits per heavy atom. The predicted molar refractivity (Wildman–Crippen MR) is 65.8 cm³/mol. The molecule has 0 aromatic carbocycles. The van der Waals surface area contributed by atoms with E-state index >= 15 is 0 Å². The van der Waals surface area contributed by atoms with Crippen LogP contribution in [0.5, 0.6) is 0 Å². The Hall–Kier alpha value is -2.21. The van der Waals surface area contributed by atoms with Crippen LogP contribution >= 0.6 is 11.6 Å². The fourth-order valence-electron chi connectivity index (χ4n) is 1.27. The zero-order valence-corrected chi connectivity index (χ0v) is 9.78. The number of carbonyl (C=O) groups excluding carboxylic acids is 1. The summed E-state index contributed by atoms with van der Waals surface area (Å²) in [5.41, 5.74) is 5.08. The highest BCUT2D eigenvalue weighted by atomic mass is 35.5. The molecular formula is C11H8ClFN4O. The summed E-state index contributed by atoms with van der Waals surface area (Å²) in [6, 6.07) is 4.29. The molecule has 0 radical (unpaired) electrons. The number of anilines is 2. The number of rotatable bonds is 2. The lowest BCUT2D eigenvalue weighted by molar-refractivity contribution is 0.102. The van der Waals surface area contributed by atoms with Gasteiger partial charge in [-0.25, -0.2) is 14.4 Å². The molecule has 7 heteroatoms. The van der Waals surface area contributed by atoms with Crippen LogP contribution in [0.2, 0.25) is 5.02 Å². The first-order valence-electron chi connectivity index (χ1n) is 4.91. The fourth-order valence-corrected chi connectivity index (χ4v) is 1.38. The van der Waals surface area contributed by atoms with Crippen molar-refractivity contribution in [2.75, 3.05) is 11.1 Å². The highest BCUT2D eigenvalue weighted by molar-refractivity contribution is 6.30. The Balaban J connectivity index is 2.22. The average molecular weight is 267 g/mol. The first kappa shape index (κ1) is 12.3. The van der Waals surface area contributed by atoms with Gasteiger partial charge in [0.1, 0.15) is 5.82 Å². The number of hydrogen-bond acceptors (Lipinski definition) is 4. The van der Waals surface area contributed by atoms with E-state index in [-0.39, 0.29) is 17.2 Å². The molecule has 0 aliphatic heterocycles. The number of hydrogen-bond donors (Lipinski definition) is 2. The van der Waals surface area contributed by atoms with E-state index in [9.17, 15) is 9.18 Å². The molecule has 92 valence electrons. The summed E-state index contributed by atoms with van der Waals surface area (Å²) in [6.07, 6.45) is 2.62. The largest absolute Gasteiger partial charge is 0.381 e. The van der Waals surface area contributed by atoms with Crippen LogP contribution < -0.4 is 11.1 Å². The first-order valence-corrected chi connectivity index (χ1v) is 5.28. The fraction of sp³-hybridized carbons (Fsp3) is 0. The normalized spacial score (nSPS) is 10.1. The third-order valence-corrected chi connectivity index (χ3v) is 2.35. The summed E-state index contributed by atoms with van der Waals surface area (Å²) in [7, 11) is 0. The molecule has 0 fully saturated rings. The number of aromatic nitrogens is 2. The van der Waals surface area contributed by atoms with E-state index in [1.165, 1.54) is 24.5 Å². The maximum Gasteiger partial charge on any atom is 0.259 e. The molecule has 3 N–H and O–H groups in total. The topological polar surface area (TPSA) is 80.9 Å². The van der Waals surface area contributed by atoms with Crippen molar-refractivity contribution in [3.63, 3.8) is 0 Å². The summed E-state index contributed by atoms with van der Waals surface area (Å²) >= 11 is 5.65. The number of pyridine rings is 2. The van der Waals surface area contributed by atoms with Gasteiger partial charge in [0.2, 0.25) is 0 Å². The maximum absolute atomic E-state index is 13.5. The van der Waals surface area contributed by atoms with Gasteiger partial charge in [-0.1, -0.05) is 11.6 Å². The third-order valence-electron chi connectivity index (χ3n) is 2.13. The van der Waals surface area contributed by atoms with Crippen molar-refractivity contribution in [3.8, 4) is 0 Å². The van der Waals surface area contributed by atoms with Crippen molar-refractivity contribution in [1.82, 2.24) is 9.97 Å². The quantitative estimate of drug-likeness (QED) is 0.872. The lowest BCUT2D eigenvalue weighted by atomic mass is 10.2. The van der Waals surface area contributed by atoms with E-state index in [1.807, 2.05) is 0 Å². The van der Waals surface area contributed by atoms with E-state index in [0.717, 1.165) is 0 Å². The number of carbonyl (C=O) groups is 1. The van der Waals surface area contributed by atoms with Gasteiger partial charge in [-0.2, -0.15) is 0 Å². The zero-order chi connectivity index (χ0) is 13.1. The van der Waals surface area contributed by atoms with Crippen LogP contribution in [0.3, 0.4) is 0 Å². The van der Waals surface area contributed by atoms with Crippen LogP contribution in [0.4, 0.5) is 16.0 Å². The molecule has 0 aliphatic rings. The zero-order valence-electron chi connectivity index (χ0n) is 9.02. The minimum absolute atomic E-state index is 0.195. The average Bonchev–Trinajstić information content (AvgIpc) is 2.35. The van der Waals surface area contributed by atoms with Gasteiger partial charge in [-0.05, 0) is 18.2 Å². The Morgan fingerprint density at radius 1 is 1.33 bits per heavy atom. The smallest absolute Gasteiger partial charge is 0.259 e. The van der Waals surface area contributed by atoms with Gasteiger partial charge in [0, 0.05) is 12.4 Å². The molecule has 0 atom stereocenters. The van der Waals surface area contributed by atoms with E-state index in [1.54, 1.807) is 6.07 Å². The van der Waals surface area contributed by atoms with Gasteiger partial charge in [0.15, 0.2) is 11.6 Å². The van der Waals surface area contributed by atoms with E-state index < -0.39 is 11.7 Å². The van der Waals surface area contributed by atoms with Gasteiger partial charge in [-0.15, -0.1) is 0 Å². The van der Waals surface area contributed by atoms with E-state index in [4.69, 9.17) is 17.3 Å². The van der Waals surface area contributed by atoms with Crippen LogP contribution in [-0.4, -0.2) is 15.9 Å². The number of nitrogens with one attached hydrogen (secondary N) is 1. The molecule has 0 unspecified atom stereocenters. The molecule has 0 spiro atoms. The van der Waals surface area contributed by atoms with Gasteiger partial charge >= 0.3 is 0 Å². The molecule has 2 aromatic heterocycles. The Morgan fingerprint density at radius 3 is 2.78 bits per heavy atom. The van der Waals surface area contributed by atoms with Gasteiger partial charge in [-0.3, -0.25) is 4.79 Å². The molecule has 2 rings (SSSR count). The second-order valence-corrected chi connectivity index (χ2v) is 3.81. The lowest BCUT2D eigenvalue weighted by Crippen LogP contribution is -2.15. The number of nitrogens with two attached hydrogens (primary N) is 1. The highest BCUT2D eigenvalue weighted by Gasteiger charge is 2.14. The molecule has 2 aromatic rings. The number of nitrogen functional groups attached to an aromatic ring is 1. The molecule has 0 saturated carbocycles. The Kier molecular flexibility index (Phi) is 3.38. The van der Waals surface area contributed by atoms with Gasteiger partial charge in [0.25, 0.3) is 5.91 Å². The van der Waals surface area contributed by atoms with Gasteiger partial charge in [0.05, 0.1) is 10.6 Å². The second-order valence-electron chi connectivity index (χ2n) is 3.37. The van der Waals surface area contributed by atoms with Crippen molar-refractivity contribution < 1.29 is 9.18 Å². The predicted octanol–water partition coefficient (Wildman–Crippen LogP) is 2.10. The molecular weight excluding hydrogens is 259 g/mol. The van der Waals surface area contributed by atoms with Crippen LogP contribution in [0, 0.1) is 5.82 Å². The van der Waals surface area contributed by atoms with Crippen molar-refractivity contribution in [1.29, 1.82) is 0 Å². The Labute approximate surface area is 107 Å². The standard InChI is InChI=1S/C11H8ClFN4O/c12-6-1-2-8(16-5-6)17-11(18)7-3-4-15-10(14)9(7)13/h1-5H,(H2,14,15)(H,16,17,18). The van der Waals surface area contributed by atoms with Gasteiger partial charge < -0.3 is 11.1 Å². The summed E-state index contributed by atoms with van der Waals surface area (Å²) in [4.78, 5) is 19.2. The molecule has 18 heavy (non-hydrogen) atoms. The summed E-state index contributed by atoms with van der Waals surface area (Å²) < 4.78 is 13.5. The molecule has 0 aliphatic carbocycles.